The maximum Gasteiger partial charge on any atom is 0.277 e. The van der Waals surface area contributed by atoms with E-state index < -0.39 is 0 Å². The molecule has 0 saturated heterocycles. The van der Waals surface area contributed by atoms with Gasteiger partial charge in [-0.2, -0.15) is 0 Å². The summed E-state index contributed by atoms with van der Waals surface area (Å²) in [7, 11) is 0. The van der Waals surface area contributed by atoms with Gasteiger partial charge in [-0.15, -0.1) is 0 Å². The van der Waals surface area contributed by atoms with Crippen molar-refractivity contribution in [3.8, 4) is 0 Å². The molecule has 6 heteroatoms. The number of hydrogen-bond acceptors (Lipinski definition) is 5. The summed E-state index contributed by atoms with van der Waals surface area (Å²) in [5.74, 6) is 0.0365. The second-order valence-corrected chi connectivity index (χ2v) is 5.34. The first-order chi connectivity index (χ1) is 11.2. The molecule has 6 nitrogen and oxygen atoms in total. The molecule has 0 spiro atoms. The van der Waals surface area contributed by atoms with Gasteiger partial charge in [0.25, 0.3) is 5.91 Å². The first-order valence-electron chi connectivity index (χ1n) is 7.54. The van der Waals surface area contributed by atoms with Gasteiger partial charge in [0.1, 0.15) is 6.26 Å². The number of benzene rings is 1. The third-order valence-corrected chi connectivity index (χ3v) is 3.52. The second kappa shape index (κ2) is 6.58. The van der Waals surface area contributed by atoms with Gasteiger partial charge in [0.05, 0.1) is 23.4 Å². The Hall–Kier alpha value is -2.73. The van der Waals surface area contributed by atoms with Crippen LogP contribution in [0.15, 0.2) is 47.2 Å². The van der Waals surface area contributed by atoms with Crippen LogP contribution in [0.25, 0.3) is 10.9 Å². The molecule has 0 aliphatic carbocycles. The molecule has 2 aromatic heterocycles. The molecule has 0 aliphatic heterocycles. The molecule has 118 valence electrons. The van der Waals surface area contributed by atoms with Gasteiger partial charge in [0.15, 0.2) is 5.69 Å². The number of aromatic nitrogens is 2. The number of carbonyl (C=O) groups excluding carboxylic acids is 1. The van der Waals surface area contributed by atoms with Crippen molar-refractivity contribution in [2.45, 2.75) is 25.8 Å². The Morgan fingerprint density at radius 1 is 1.39 bits per heavy atom. The van der Waals surface area contributed by atoms with E-state index in [9.17, 15) is 4.79 Å². The number of carbonyl (C=O) groups is 1. The molecule has 3 N–H and O–H groups in total. The number of nitrogens with zero attached hydrogens (tertiary/aromatic N) is 2. The highest BCUT2D eigenvalue weighted by Crippen LogP contribution is 2.18. The van der Waals surface area contributed by atoms with E-state index in [0.29, 0.717) is 11.6 Å². The van der Waals surface area contributed by atoms with Gasteiger partial charge in [0.2, 0.25) is 5.89 Å². The number of nitrogens with two attached hydrogens (primary N) is 1. The lowest BCUT2D eigenvalue weighted by molar-refractivity contribution is 0.102. The molecule has 0 radical (unpaired) electrons. The topological polar surface area (TPSA) is 94.0 Å². The Kier molecular flexibility index (Phi) is 4.34. The second-order valence-electron chi connectivity index (χ2n) is 5.34. The first kappa shape index (κ1) is 15.2. The summed E-state index contributed by atoms with van der Waals surface area (Å²) in [4.78, 5) is 20.7. The van der Waals surface area contributed by atoms with Gasteiger partial charge in [0, 0.05) is 5.39 Å². The van der Waals surface area contributed by atoms with Gasteiger partial charge in [-0.25, -0.2) is 4.98 Å². The predicted molar refractivity (Wildman–Crippen MR) is 88.0 cm³/mol. The van der Waals surface area contributed by atoms with Crippen LogP contribution in [0, 0.1) is 0 Å². The number of nitrogens with one attached hydrogen (secondary N) is 1. The van der Waals surface area contributed by atoms with Crippen LogP contribution in [0.1, 0.15) is 42.2 Å². The van der Waals surface area contributed by atoms with Gasteiger partial charge in [-0.3, -0.25) is 9.78 Å². The molecule has 0 aliphatic rings. The van der Waals surface area contributed by atoms with E-state index in [1.807, 2.05) is 37.3 Å². The van der Waals surface area contributed by atoms with Crippen LogP contribution in [-0.4, -0.2) is 15.9 Å². The summed E-state index contributed by atoms with van der Waals surface area (Å²) in [6.45, 7) is 2.03. The average Bonchev–Trinajstić information content (AvgIpc) is 3.05. The molecule has 0 fully saturated rings. The predicted octanol–water partition coefficient (Wildman–Crippen LogP) is 3.28. The smallest absolute Gasteiger partial charge is 0.277 e. The summed E-state index contributed by atoms with van der Waals surface area (Å²) < 4.78 is 5.30. The molecule has 3 aromatic rings. The van der Waals surface area contributed by atoms with Crippen molar-refractivity contribution < 1.29 is 9.21 Å². The fraction of sp³-hybridized carbons (Fsp3) is 0.235. The van der Waals surface area contributed by atoms with E-state index >= 15 is 0 Å². The number of para-hydroxylation sites is 1. The summed E-state index contributed by atoms with van der Waals surface area (Å²) in [6, 6.07) is 9.28. The number of hydrogen-bond donors (Lipinski definition) is 2. The highest BCUT2D eigenvalue weighted by molar-refractivity contribution is 6.03. The standard InChI is InChI=1S/C17H18N4O2/c1-2-5-13(18)17-21-15(10-23-17)16(22)20-12-8-11-6-3-4-7-14(11)19-9-12/h3-4,6-10,13H,2,5,18H2,1H3,(H,20,22). The van der Waals surface area contributed by atoms with E-state index in [2.05, 4.69) is 15.3 Å². The highest BCUT2D eigenvalue weighted by atomic mass is 16.3. The normalized spacial score (nSPS) is 12.3. The maximum atomic E-state index is 12.2. The molecule has 1 amide bonds. The average molecular weight is 310 g/mol. The molecule has 0 bridgehead atoms. The van der Waals surface area contributed by atoms with E-state index in [1.54, 1.807) is 6.20 Å². The molecule has 1 aromatic carbocycles. The van der Waals surface area contributed by atoms with E-state index in [1.165, 1.54) is 6.26 Å². The van der Waals surface area contributed by atoms with E-state index in [-0.39, 0.29) is 17.6 Å². The Labute approximate surface area is 133 Å². The Morgan fingerprint density at radius 3 is 3.04 bits per heavy atom. The fourth-order valence-corrected chi connectivity index (χ4v) is 2.33. The van der Waals surface area contributed by atoms with E-state index in [4.69, 9.17) is 10.2 Å². The van der Waals surface area contributed by atoms with Crippen LogP contribution >= 0.6 is 0 Å². The minimum atomic E-state index is -0.347. The first-order valence-corrected chi connectivity index (χ1v) is 7.54. The maximum absolute atomic E-state index is 12.2. The van der Waals surface area contributed by atoms with Crippen LogP contribution in [0.4, 0.5) is 5.69 Å². The highest BCUT2D eigenvalue weighted by Gasteiger charge is 2.16. The van der Waals surface area contributed by atoms with Crippen molar-refractivity contribution in [2.75, 3.05) is 5.32 Å². The molecule has 0 saturated carbocycles. The largest absolute Gasteiger partial charge is 0.446 e. The van der Waals surface area contributed by atoms with E-state index in [0.717, 1.165) is 23.7 Å². The summed E-state index contributed by atoms with van der Waals surface area (Å²) in [5, 5.41) is 3.72. The number of amides is 1. The SMILES string of the molecule is CCCC(N)c1nc(C(=O)Nc2cnc3ccccc3c2)co1. The molecule has 3 rings (SSSR count). The Balaban J connectivity index is 1.75. The van der Waals surface area contributed by atoms with Crippen molar-refractivity contribution in [1.82, 2.24) is 9.97 Å². The van der Waals surface area contributed by atoms with Gasteiger partial charge in [-0.1, -0.05) is 31.5 Å². The zero-order valence-electron chi connectivity index (χ0n) is 12.8. The minimum absolute atomic E-state index is 0.208. The van der Waals surface area contributed by atoms with Crippen molar-refractivity contribution in [2.24, 2.45) is 5.73 Å². The van der Waals surface area contributed by atoms with Crippen molar-refractivity contribution in [3.63, 3.8) is 0 Å². The number of rotatable bonds is 5. The monoisotopic (exact) mass is 310 g/mol. The van der Waals surface area contributed by atoms with Gasteiger partial charge >= 0.3 is 0 Å². The minimum Gasteiger partial charge on any atom is -0.446 e. The third kappa shape index (κ3) is 3.37. The zero-order chi connectivity index (χ0) is 16.2. The Morgan fingerprint density at radius 2 is 2.22 bits per heavy atom. The quantitative estimate of drug-likeness (QED) is 0.754. The van der Waals surface area contributed by atoms with Gasteiger partial charge in [-0.05, 0) is 18.6 Å². The molecule has 2 heterocycles. The summed E-state index contributed by atoms with van der Waals surface area (Å²) in [5.41, 5.74) is 7.63. The number of pyridine rings is 1. The Bertz CT molecular complexity index is 828. The molecular weight excluding hydrogens is 292 g/mol. The molecule has 1 atom stereocenters. The van der Waals surface area contributed by atoms with Crippen LogP contribution in [-0.2, 0) is 0 Å². The van der Waals surface area contributed by atoms with Crippen molar-refractivity contribution in [1.29, 1.82) is 0 Å². The van der Waals surface area contributed by atoms with Crippen molar-refractivity contribution >= 4 is 22.5 Å². The summed E-state index contributed by atoms with van der Waals surface area (Å²) >= 11 is 0. The lowest BCUT2D eigenvalue weighted by Gasteiger charge is -2.05. The van der Waals surface area contributed by atoms with Crippen LogP contribution < -0.4 is 11.1 Å². The summed E-state index contributed by atoms with van der Waals surface area (Å²) in [6.07, 6.45) is 4.63. The molecule has 23 heavy (non-hydrogen) atoms. The van der Waals surface area contributed by atoms with Gasteiger partial charge < -0.3 is 15.5 Å². The van der Waals surface area contributed by atoms with Crippen LogP contribution in [0.2, 0.25) is 0 Å². The lowest BCUT2D eigenvalue weighted by Crippen LogP contribution is -2.14. The van der Waals surface area contributed by atoms with Crippen molar-refractivity contribution in [3.05, 3.63) is 54.4 Å². The lowest BCUT2D eigenvalue weighted by atomic mass is 10.2. The number of anilines is 1. The number of fused-ring (bicyclic) bond motifs is 1. The van der Waals surface area contributed by atoms with Crippen LogP contribution in [0.3, 0.4) is 0 Å². The number of oxazole rings is 1. The zero-order valence-corrected chi connectivity index (χ0v) is 12.8. The molecule has 1 unspecified atom stereocenters. The fourth-order valence-electron chi connectivity index (χ4n) is 2.33. The third-order valence-electron chi connectivity index (χ3n) is 3.52. The molecular formula is C17H18N4O2. The van der Waals surface area contributed by atoms with Crippen LogP contribution in [0.5, 0.6) is 0 Å².